The van der Waals surface area contributed by atoms with Crippen molar-refractivity contribution in [2.24, 2.45) is 5.73 Å². The van der Waals surface area contributed by atoms with Crippen LogP contribution in [-0.4, -0.2) is 19.3 Å². The second-order valence-electron chi connectivity index (χ2n) is 5.14. The van der Waals surface area contributed by atoms with Gasteiger partial charge in [0.05, 0.1) is 6.54 Å². The van der Waals surface area contributed by atoms with E-state index in [1.807, 2.05) is 12.1 Å². The molecule has 0 saturated carbocycles. The number of nitrogens with zero attached hydrogens (tertiary/aromatic N) is 3. The van der Waals surface area contributed by atoms with Crippen molar-refractivity contribution in [1.82, 2.24) is 14.3 Å². The monoisotopic (exact) mass is 322 g/mol. The Bertz CT molecular complexity index is 765. The number of hydrogen-bond donors (Lipinski definition) is 1. The van der Waals surface area contributed by atoms with Crippen molar-refractivity contribution in [3.63, 3.8) is 0 Å². The molecule has 21 heavy (non-hydrogen) atoms. The van der Waals surface area contributed by atoms with E-state index >= 15 is 0 Å². The Hall–Kier alpha value is -1.66. The molecule has 3 rings (SSSR count). The molecule has 0 spiro atoms. The summed E-state index contributed by atoms with van der Waals surface area (Å²) in [5, 5.41) is 4.94. The van der Waals surface area contributed by atoms with Crippen molar-refractivity contribution in [2.75, 3.05) is 0 Å². The number of hydrogen-bond acceptors (Lipinski definition) is 3. The third-order valence-electron chi connectivity index (χ3n) is 3.69. The van der Waals surface area contributed by atoms with Crippen molar-refractivity contribution >= 4 is 28.8 Å². The molecule has 2 N–H and O–H groups in total. The molecule has 0 unspecified atom stereocenters. The van der Waals surface area contributed by atoms with Gasteiger partial charge in [0.15, 0.2) is 0 Å². The second kappa shape index (κ2) is 5.61. The fourth-order valence-electron chi connectivity index (χ4n) is 2.54. The average Bonchev–Trinajstić information content (AvgIpc) is 2.78. The molecular weight excluding hydrogens is 308 g/mol. The molecule has 0 amide bonds. The van der Waals surface area contributed by atoms with Crippen molar-refractivity contribution in [3.8, 4) is 0 Å². The van der Waals surface area contributed by atoms with E-state index in [0.717, 1.165) is 42.8 Å². The highest BCUT2D eigenvalue weighted by molar-refractivity contribution is 7.80. The van der Waals surface area contributed by atoms with Gasteiger partial charge in [-0.15, -0.1) is 0 Å². The highest BCUT2D eigenvalue weighted by Crippen LogP contribution is 2.19. The van der Waals surface area contributed by atoms with Gasteiger partial charge in [0.1, 0.15) is 10.8 Å². The van der Waals surface area contributed by atoms with E-state index in [-0.39, 0.29) is 5.69 Å². The van der Waals surface area contributed by atoms with Gasteiger partial charge in [-0.3, -0.25) is 4.57 Å². The predicted molar refractivity (Wildman–Crippen MR) is 85.9 cm³/mol. The van der Waals surface area contributed by atoms with Gasteiger partial charge in [-0.05, 0) is 24.5 Å². The second-order valence-corrected chi connectivity index (χ2v) is 5.98. The number of rotatable bonds is 3. The molecule has 7 heteroatoms. The van der Waals surface area contributed by atoms with Crippen LogP contribution in [0.2, 0.25) is 5.02 Å². The van der Waals surface area contributed by atoms with E-state index in [1.165, 1.54) is 4.68 Å². The van der Waals surface area contributed by atoms with Gasteiger partial charge in [0.2, 0.25) is 0 Å². The summed E-state index contributed by atoms with van der Waals surface area (Å²) in [6.07, 6.45) is 2.97. The van der Waals surface area contributed by atoms with Crippen molar-refractivity contribution in [1.29, 1.82) is 0 Å². The predicted octanol–water partition coefficient (Wildman–Crippen LogP) is 1.72. The maximum Gasteiger partial charge on any atom is 0.346 e. The lowest BCUT2D eigenvalue weighted by Gasteiger charge is -2.09. The highest BCUT2D eigenvalue weighted by atomic mass is 35.5. The van der Waals surface area contributed by atoms with Crippen molar-refractivity contribution in [2.45, 2.75) is 32.4 Å². The topological polar surface area (TPSA) is 65.8 Å². The molecule has 1 aliphatic heterocycles. The van der Waals surface area contributed by atoms with Crippen LogP contribution < -0.4 is 11.4 Å². The summed E-state index contributed by atoms with van der Waals surface area (Å²) in [4.78, 5) is 12.6. The average molecular weight is 323 g/mol. The zero-order valence-corrected chi connectivity index (χ0v) is 13.0. The molecule has 0 radical (unpaired) electrons. The Morgan fingerprint density at radius 2 is 2.24 bits per heavy atom. The fourth-order valence-corrected chi connectivity index (χ4v) is 2.91. The molecule has 1 aromatic heterocycles. The third kappa shape index (κ3) is 2.73. The summed E-state index contributed by atoms with van der Waals surface area (Å²) >= 11 is 11.2. The Morgan fingerprint density at radius 3 is 2.90 bits per heavy atom. The number of aryl methyl sites for hydroxylation is 1. The van der Waals surface area contributed by atoms with Crippen molar-refractivity contribution in [3.05, 3.63) is 50.7 Å². The summed E-state index contributed by atoms with van der Waals surface area (Å²) in [7, 11) is 0. The van der Waals surface area contributed by atoms with Gasteiger partial charge in [-0.2, -0.15) is 5.10 Å². The molecule has 0 saturated heterocycles. The van der Waals surface area contributed by atoms with Gasteiger partial charge in [-0.25, -0.2) is 9.48 Å². The largest absolute Gasteiger partial charge is 0.389 e. The van der Waals surface area contributed by atoms with Crippen LogP contribution in [0.5, 0.6) is 0 Å². The van der Waals surface area contributed by atoms with Crippen LogP contribution in [0.25, 0.3) is 0 Å². The minimum atomic E-state index is -0.0702. The van der Waals surface area contributed by atoms with Crippen LogP contribution in [-0.2, 0) is 19.5 Å². The first-order valence-corrected chi connectivity index (χ1v) is 7.59. The molecular formula is C14H15ClN4OS. The molecule has 2 heterocycles. The fraction of sp³-hybridized carbons (Fsp3) is 0.357. The standard InChI is InChI=1S/C14H15ClN4OS/c15-11-7-9(13(16)21)4-5-10(11)8-19-14(20)18-6-2-1-3-12(18)17-19/h4-5,7H,1-3,6,8H2,(H2,16,21). The number of nitrogens with two attached hydrogens (primary N) is 1. The van der Waals surface area contributed by atoms with Gasteiger partial charge in [0, 0.05) is 23.6 Å². The zero-order chi connectivity index (χ0) is 15.0. The Labute approximate surface area is 132 Å². The summed E-state index contributed by atoms with van der Waals surface area (Å²) in [6.45, 7) is 1.11. The minimum absolute atomic E-state index is 0.0702. The summed E-state index contributed by atoms with van der Waals surface area (Å²) in [6, 6.07) is 5.37. The van der Waals surface area contributed by atoms with Gasteiger partial charge < -0.3 is 5.73 Å². The van der Waals surface area contributed by atoms with E-state index in [9.17, 15) is 4.79 Å². The number of benzene rings is 1. The Morgan fingerprint density at radius 1 is 1.43 bits per heavy atom. The number of fused-ring (bicyclic) bond motifs is 1. The lowest BCUT2D eigenvalue weighted by Crippen LogP contribution is -2.27. The summed E-state index contributed by atoms with van der Waals surface area (Å²) in [5.74, 6) is 0.863. The van der Waals surface area contributed by atoms with Gasteiger partial charge in [-0.1, -0.05) is 36.0 Å². The normalized spacial score (nSPS) is 14.0. The van der Waals surface area contributed by atoms with Crippen LogP contribution in [0.15, 0.2) is 23.0 Å². The number of aromatic nitrogens is 3. The zero-order valence-electron chi connectivity index (χ0n) is 11.4. The molecule has 1 aliphatic rings. The van der Waals surface area contributed by atoms with Gasteiger partial charge in [0.25, 0.3) is 0 Å². The Kier molecular flexibility index (Phi) is 3.82. The van der Waals surface area contributed by atoms with E-state index in [0.29, 0.717) is 16.6 Å². The SMILES string of the molecule is NC(=S)c1ccc(Cn2nc3n(c2=O)CCCC3)c(Cl)c1. The van der Waals surface area contributed by atoms with E-state index in [1.54, 1.807) is 10.6 Å². The van der Waals surface area contributed by atoms with E-state index in [4.69, 9.17) is 29.6 Å². The van der Waals surface area contributed by atoms with Crippen LogP contribution in [0, 0.1) is 0 Å². The molecule has 0 atom stereocenters. The molecule has 0 fully saturated rings. The highest BCUT2D eigenvalue weighted by Gasteiger charge is 2.17. The molecule has 0 aliphatic carbocycles. The van der Waals surface area contributed by atoms with Crippen molar-refractivity contribution < 1.29 is 0 Å². The maximum absolute atomic E-state index is 12.3. The first-order valence-electron chi connectivity index (χ1n) is 6.81. The molecule has 2 aromatic rings. The smallest absolute Gasteiger partial charge is 0.346 e. The Balaban J connectivity index is 1.92. The summed E-state index contributed by atoms with van der Waals surface area (Å²) in [5.41, 5.74) is 7.05. The molecule has 110 valence electrons. The van der Waals surface area contributed by atoms with Crippen LogP contribution in [0.4, 0.5) is 0 Å². The quantitative estimate of drug-likeness (QED) is 0.874. The van der Waals surface area contributed by atoms with Gasteiger partial charge >= 0.3 is 5.69 Å². The lowest BCUT2D eigenvalue weighted by atomic mass is 10.1. The van der Waals surface area contributed by atoms with Crippen LogP contribution in [0.3, 0.4) is 0 Å². The number of thiocarbonyl (C=S) groups is 1. The minimum Gasteiger partial charge on any atom is -0.389 e. The molecule has 1 aromatic carbocycles. The molecule has 0 bridgehead atoms. The van der Waals surface area contributed by atoms with Crippen LogP contribution >= 0.6 is 23.8 Å². The van der Waals surface area contributed by atoms with E-state index < -0.39 is 0 Å². The maximum atomic E-state index is 12.3. The first-order chi connectivity index (χ1) is 10.1. The van der Waals surface area contributed by atoms with E-state index in [2.05, 4.69) is 5.10 Å². The number of halogens is 1. The summed E-state index contributed by atoms with van der Waals surface area (Å²) < 4.78 is 3.23. The lowest BCUT2D eigenvalue weighted by molar-refractivity contribution is 0.511. The van der Waals surface area contributed by atoms with Crippen LogP contribution in [0.1, 0.15) is 29.8 Å². The molecule has 5 nitrogen and oxygen atoms in total. The first kappa shape index (κ1) is 14.3. The third-order valence-corrected chi connectivity index (χ3v) is 4.28.